The predicted molar refractivity (Wildman–Crippen MR) is 146 cm³/mol. The Balaban J connectivity index is 1.83. The first-order chi connectivity index (χ1) is 16.7. The smallest absolute Gasteiger partial charge is 0.266 e. The summed E-state index contributed by atoms with van der Waals surface area (Å²) < 4.78 is 1.68. The van der Waals surface area contributed by atoms with Crippen LogP contribution in [-0.2, 0) is 5.75 Å². The van der Waals surface area contributed by atoms with E-state index in [9.17, 15) is 9.59 Å². The maximum atomic E-state index is 13.7. The summed E-state index contributed by atoms with van der Waals surface area (Å²) in [5, 5.41) is 3.96. The number of hydrogen-bond acceptors (Lipinski definition) is 4. The van der Waals surface area contributed by atoms with Crippen molar-refractivity contribution in [2.75, 3.05) is 0 Å². The number of thioether (sulfide) groups is 1. The van der Waals surface area contributed by atoms with Crippen LogP contribution in [-0.4, -0.2) is 21.5 Å². The summed E-state index contributed by atoms with van der Waals surface area (Å²) in [6, 6.07) is 19.3. The van der Waals surface area contributed by atoms with Gasteiger partial charge in [0.05, 0.1) is 16.6 Å². The van der Waals surface area contributed by atoms with E-state index in [1.807, 2.05) is 58.0 Å². The summed E-state index contributed by atoms with van der Waals surface area (Å²) in [6.45, 7) is 11.7. The SMILES string of the molecule is C=Cc1ccc(CSc2nc3cc(C(=O)NC(C)C)ccc3c(=O)n2-c2cc(C)cc(C)c2)cc1. The summed E-state index contributed by atoms with van der Waals surface area (Å²) in [7, 11) is 0. The number of aryl methyl sites for hydroxylation is 2. The number of amides is 1. The zero-order valence-corrected chi connectivity index (χ0v) is 21.3. The van der Waals surface area contributed by atoms with Crippen molar-refractivity contribution >= 4 is 34.6 Å². The van der Waals surface area contributed by atoms with Crippen LogP contribution in [0.5, 0.6) is 0 Å². The van der Waals surface area contributed by atoms with Gasteiger partial charge in [0.15, 0.2) is 5.16 Å². The van der Waals surface area contributed by atoms with E-state index in [0.29, 0.717) is 27.4 Å². The van der Waals surface area contributed by atoms with Gasteiger partial charge in [-0.1, -0.05) is 54.7 Å². The average Bonchev–Trinajstić information content (AvgIpc) is 2.81. The normalized spacial score (nSPS) is 11.1. The number of benzene rings is 3. The molecule has 5 nitrogen and oxygen atoms in total. The lowest BCUT2D eigenvalue weighted by atomic mass is 10.1. The van der Waals surface area contributed by atoms with Crippen molar-refractivity contribution in [1.29, 1.82) is 0 Å². The minimum atomic E-state index is -0.182. The lowest BCUT2D eigenvalue weighted by Gasteiger charge is -2.15. The number of nitrogens with zero attached hydrogens (tertiary/aromatic N) is 2. The minimum absolute atomic E-state index is 0.0160. The second-order valence-electron chi connectivity index (χ2n) is 8.98. The Morgan fingerprint density at radius 3 is 2.37 bits per heavy atom. The van der Waals surface area contributed by atoms with E-state index in [2.05, 4.69) is 30.1 Å². The second kappa shape index (κ2) is 10.3. The third-order valence-electron chi connectivity index (χ3n) is 5.57. The lowest BCUT2D eigenvalue weighted by Crippen LogP contribution is -2.30. The van der Waals surface area contributed by atoms with E-state index in [0.717, 1.165) is 27.9 Å². The number of rotatable bonds is 7. The van der Waals surface area contributed by atoms with Crippen LogP contribution in [0.25, 0.3) is 22.7 Å². The topological polar surface area (TPSA) is 64.0 Å². The first-order valence-electron chi connectivity index (χ1n) is 11.6. The van der Waals surface area contributed by atoms with Gasteiger partial charge in [-0.25, -0.2) is 4.98 Å². The number of carbonyl (C=O) groups is 1. The maximum Gasteiger partial charge on any atom is 0.266 e. The van der Waals surface area contributed by atoms with E-state index >= 15 is 0 Å². The average molecular weight is 484 g/mol. The minimum Gasteiger partial charge on any atom is -0.350 e. The van der Waals surface area contributed by atoms with Gasteiger partial charge in [-0.3, -0.25) is 14.2 Å². The molecule has 178 valence electrons. The molecule has 1 heterocycles. The Kier molecular flexibility index (Phi) is 7.22. The first kappa shape index (κ1) is 24.5. The highest BCUT2D eigenvalue weighted by Gasteiger charge is 2.16. The summed E-state index contributed by atoms with van der Waals surface area (Å²) in [5.41, 5.74) is 5.95. The molecule has 0 saturated carbocycles. The van der Waals surface area contributed by atoms with Crippen molar-refractivity contribution in [2.45, 2.75) is 44.6 Å². The highest BCUT2D eigenvalue weighted by Crippen LogP contribution is 2.26. The third kappa shape index (κ3) is 5.54. The Hall–Kier alpha value is -3.64. The van der Waals surface area contributed by atoms with Crippen molar-refractivity contribution in [1.82, 2.24) is 14.9 Å². The molecule has 0 aliphatic heterocycles. The van der Waals surface area contributed by atoms with Crippen molar-refractivity contribution in [2.24, 2.45) is 0 Å². The van der Waals surface area contributed by atoms with E-state index in [4.69, 9.17) is 4.98 Å². The van der Waals surface area contributed by atoms with Crippen molar-refractivity contribution < 1.29 is 4.79 Å². The van der Waals surface area contributed by atoms with Gasteiger partial charge in [0.1, 0.15) is 0 Å². The standard InChI is InChI=1S/C29H29N3O2S/c1-6-21-7-9-22(10-8-21)17-35-29-31-26-16-23(27(33)30-18(2)3)11-12-25(26)28(34)32(29)24-14-19(4)13-20(5)15-24/h6-16,18H,1,17H2,2-5H3,(H,30,33). The van der Waals surface area contributed by atoms with Crippen LogP contribution in [0.3, 0.4) is 0 Å². The van der Waals surface area contributed by atoms with Gasteiger partial charge in [0, 0.05) is 17.4 Å². The predicted octanol–water partition coefficient (Wildman–Crippen LogP) is 6.08. The third-order valence-corrected chi connectivity index (χ3v) is 6.58. The Bertz CT molecular complexity index is 1450. The Morgan fingerprint density at radius 1 is 1.06 bits per heavy atom. The van der Waals surface area contributed by atoms with Crippen LogP contribution < -0.4 is 10.9 Å². The molecular formula is C29H29N3O2S. The summed E-state index contributed by atoms with van der Waals surface area (Å²) in [5.74, 6) is 0.465. The largest absolute Gasteiger partial charge is 0.350 e. The molecule has 3 aromatic carbocycles. The number of nitrogens with one attached hydrogen (secondary N) is 1. The zero-order chi connectivity index (χ0) is 25.1. The van der Waals surface area contributed by atoms with Crippen LogP contribution in [0.15, 0.2) is 77.2 Å². The molecule has 0 radical (unpaired) electrons. The van der Waals surface area contributed by atoms with Crippen LogP contribution in [0.4, 0.5) is 0 Å². The van der Waals surface area contributed by atoms with E-state index in [1.54, 1.807) is 22.8 Å². The van der Waals surface area contributed by atoms with Crippen molar-refractivity contribution in [3.05, 3.63) is 105 Å². The zero-order valence-electron chi connectivity index (χ0n) is 20.5. The molecule has 1 aromatic heterocycles. The van der Waals surface area contributed by atoms with Crippen molar-refractivity contribution in [3.63, 3.8) is 0 Å². The van der Waals surface area contributed by atoms with Gasteiger partial charge in [-0.2, -0.15) is 0 Å². The first-order valence-corrected chi connectivity index (χ1v) is 12.5. The van der Waals surface area contributed by atoms with E-state index in [-0.39, 0.29) is 17.5 Å². The van der Waals surface area contributed by atoms with Crippen LogP contribution in [0.1, 0.15) is 46.5 Å². The molecule has 0 spiro atoms. The molecule has 0 bridgehead atoms. The monoisotopic (exact) mass is 483 g/mol. The fourth-order valence-electron chi connectivity index (χ4n) is 3.95. The summed E-state index contributed by atoms with van der Waals surface area (Å²) in [6.07, 6.45) is 1.81. The maximum absolute atomic E-state index is 13.7. The van der Waals surface area contributed by atoms with Crippen LogP contribution in [0.2, 0.25) is 0 Å². The number of aromatic nitrogens is 2. The molecule has 4 rings (SSSR count). The van der Waals surface area contributed by atoms with E-state index < -0.39 is 0 Å². The molecule has 0 aliphatic carbocycles. The molecule has 1 amide bonds. The van der Waals surface area contributed by atoms with Gasteiger partial charge >= 0.3 is 0 Å². The highest BCUT2D eigenvalue weighted by molar-refractivity contribution is 7.98. The molecule has 0 unspecified atom stereocenters. The van der Waals surface area contributed by atoms with Gasteiger partial charge in [-0.15, -0.1) is 0 Å². The van der Waals surface area contributed by atoms with Crippen LogP contribution >= 0.6 is 11.8 Å². The van der Waals surface area contributed by atoms with Gasteiger partial charge in [-0.05, 0) is 80.3 Å². The fourth-order valence-corrected chi connectivity index (χ4v) is 4.92. The summed E-state index contributed by atoms with van der Waals surface area (Å²) in [4.78, 5) is 31.2. The molecule has 35 heavy (non-hydrogen) atoms. The lowest BCUT2D eigenvalue weighted by molar-refractivity contribution is 0.0943. The fraction of sp³-hybridized carbons (Fsp3) is 0.207. The number of carbonyl (C=O) groups excluding carboxylic acids is 1. The Morgan fingerprint density at radius 2 is 1.74 bits per heavy atom. The molecule has 1 N–H and O–H groups in total. The molecule has 6 heteroatoms. The Labute approximate surface area is 209 Å². The molecule has 4 aromatic rings. The van der Waals surface area contributed by atoms with Gasteiger partial charge in [0.2, 0.25) is 0 Å². The van der Waals surface area contributed by atoms with Crippen LogP contribution in [0, 0.1) is 13.8 Å². The van der Waals surface area contributed by atoms with Crippen molar-refractivity contribution in [3.8, 4) is 5.69 Å². The highest BCUT2D eigenvalue weighted by atomic mass is 32.2. The quantitative estimate of drug-likeness (QED) is 0.256. The van der Waals surface area contributed by atoms with Gasteiger partial charge in [0.25, 0.3) is 11.5 Å². The molecule has 0 fully saturated rings. The number of fused-ring (bicyclic) bond motifs is 1. The molecule has 0 aliphatic rings. The van der Waals surface area contributed by atoms with Gasteiger partial charge < -0.3 is 5.32 Å². The molecular weight excluding hydrogens is 454 g/mol. The summed E-state index contributed by atoms with van der Waals surface area (Å²) >= 11 is 1.50. The number of hydrogen-bond donors (Lipinski definition) is 1. The molecule has 0 atom stereocenters. The molecule has 0 saturated heterocycles. The second-order valence-corrected chi connectivity index (χ2v) is 9.92. The van der Waals surface area contributed by atoms with E-state index in [1.165, 1.54) is 11.8 Å².